The van der Waals surface area contributed by atoms with Gasteiger partial charge >= 0.3 is 0 Å². The van der Waals surface area contributed by atoms with Crippen LogP contribution in [0.3, 0.4) is 0 Å². The van der Waals surface area contributed by atoms with Gasteiger partial charge in [-0.25, -0.2) is 9.97 Å². The van der Waals surface area contributed by atoms with E-state index in [4.69, 9.17) is 4.74 Å². The molecule has 0 saturated heterocycles. The molecule has 1 unspecified atom stereocenters. The first-order valence-electron chi connectivity index (χ1n) is 6.05. The largest absolute Gasteiger partial charge is 0.374 e. The van der Waals surface area contributed by atoms with E-state index in [1.807, 2.05) is 38.1 Å². The predicted molar refractivity (Wildman–Crippen MR) is 71.8 cm³/mol. The van der Waals surface area contributed by atoms with Gasteiger partial charge in [-0.05, 0) is 37.6 Å². The van der Waals surface area contributed by atoms with Crippen LogP contribution in [0.2, 0.25) is 0 Å². The zero-order valence-electron chi connectivity index (χ0n) is 10.6. The van der Waals surface area contributed by atoms with Crippen LogP contribution in [0.5, 0.6) is 0 Å². The van der Waals surface area contributed by atoms with E-state index in [-0.39, 0.29) is 6.10 Å². The van der Waals surface area contributed by atoms with Gasteiger partial charge in [0.25, 0.3) is 0 Å². The number of aromatic nitrogens is 2. The molecule has 0 aliphatic heterocycles. The maximum Gasteiger partial charge on any atom is 0.227 e. The second kappa shape index (κ2) is 6.12. The van der Waals surface area contributed by atoms with Crippen LogP contribution in [-0.4, -0.2) is 16.6 Å². The molecule has 4 heteroatoms. The first-order chi connectivity index (χ1) is 8.79. The molecule has 1 aromatic carbocycles. The van der Waals surface area contributed by atoms with Crippen molar-refractivity contribution in [3.8, 4) is 0 Å². The van der Waals surface area contributed by atoms with Crippen molar-refractivity contribution in [2.75, 3.05) is 11.9 Å². The summed E-state index contributed by atoms with van der Waals surface area (Å²) in [6, 6.07) is 9.89. The summed E-state index contributed by atoms with van der Waals surface area (Å²) in [5.41, 5.74) is 2.13. The molecule has 1 atom stereocenters. The van der Waals surface area contributed by atoms with Crippen molar-refractivity contribution >= 4 is 11.6 Å². The molecule has 0 radical (unpaired) electrons. The smallest absolute Gasteiger partial charge is 0.227 e. The number of benzene rings is 1. The lowest BCUT2D eigenvalue weighted by Crippen LogP contribution is -2.00. The summed E-state index contributed by atoms with van der Waals surface area (Å²) in [5.74, 6) is 0.600. The van der Waals surface area contributed by atoms with Crippen molar-refractivity contribution in [2.45, 2.75) is 20.0 Å². The number of nitrogens with zero attached hydrogens (tertiary/aromatic N) is 2. The molecule has 1 heterocycles. The zero-order valence-corrected chi connectivity index (χ0v) is 10.6. The Labute approximate surface area is 107 Å². The van der Waals surface area contributed by atoms with Gasteiger partial charge in [0.1, 0.15) is 0 Å². The summed E-state index contributed by atoms with van der Waals surface area (Å²) < 4.78 is 5.54. The minimum absolute atomic E-state index is 0.122. The molecule has 4 nitrogen and oxygen atoms in total. The average molecular weight is 243 g/mol. The third-order valence-electron chi connectivity index (χ3n) is 2.62. The maximum atomic E-state index is 5.54. The van der Waals surface area contributed by atoms with Crippen molar-refractivity contribution < 1.29 is 4.74 Å². The van der Waals surface area contributed by atoms with Crippen molar-refractivity contribution in [1.82, 2.24) is 9.97 Å². The van der Waals surface area contributed by atoms with Gasteiger partial charge < -0.3 is 10.1 Å². The van der Waals surface area contributed by atoms with Crippen LogP contribution in [0.4, 0.5) is 11.6 Å². The standard InChI is InChI=1S/C14H17N3O/c1-3-18-11(2)12-5-7-13(8-6-12)17-14-15-9-4-10-16-14/h4-11H,3H2,1-2H3,(H,15,16,17). The van der Waals surface area contributed by atoms with E-state index in [2.05, 4.69) is 15.3 Å². The second-order valence-corrected chi connectivity index (χ2v) is 3.92. The maximum absolute atomic E-state index is 5.54. The lowest BCUT2D eigenvalue weighted by molar-refractivity contribution is 0.0764. The van der Waals surface area contributed by atoms with Gasteiger partial charge in [0, 0.05) is 24.7 Å². The quantitative estimate of drug-likeness (QED) is 0.875. The molecule has 94 valence electrons. The molecule has 2 aromatic rings. The highest BCUT2D eigenvalue weighted by molar-refractivity contribution is 5.53. The Morgan fingerprint density at radius 2 is 1.83 bits per heavy atom. The van der Waals surface area contributed by atoms with E-state index < -0.39 is 0 Å². The summed E-state index contributed by atoms with van der Waals surface area (Å²) in [4.78, 5) is 8.23. The Hall–Kier alpha value is -1.94. The molecular formula is C14H17N3O. The van der Waals surface area contributed by atoms with Crippen LogP contribution < -0.4 is 5.32 Å². The summed E-state index contributed by atoms with van der Waals surface area (Å²) in [6.07, 6.45) is 3.54. The van der Waals surface area contributed by atoms with E-state index >= 15 is 0 Å². The minimum atomic E-state index is 0.122. The summed E-state index contributed by atoms with van der Waals surface area (Å²) in [6.45, 7) is 4.77. The Morgan fingerprint density at radius 3 is 2.44 bits per heavy atom. The molecule has 0 bridgehead atoms. The fourth-order valence-corrected chi connectivity index (χ4v) is 1.68. The highest BCUT2D eigenvalue weighted by Crippen LogP contribution is 2.20. The molecule has 18 heavy (non-hydrogen) atoms. The van der Waals surface area contributed by atoms with Gasteiger partial charge in [-0.15, -0.1) is 0 Å². The molecule has 0 saturated carbocycles. The van der Waals surface area contributed by atoms with Crippen LogP contribution in [0.1, 0.15) is 25.5 Å². The molecule has 0 aliphatic carbocycles. The summed E-state index contributed by atoms with van der Waals surface area (Å²) >= 11 is 0. The molecular weight excluding hydrogens is 226 g/mol. The SMILES string of the molecule is CCOC(C)c1ccc(Nc2ncccn2)cc1. The number of anilines is 2. The van der Waals surface area contributed by atoms with E-state index in [1.165, 1.54) is 0 Å². The lowest BCUT2D eigenvalue weighted by Gasteiger charge is -2.12. The van der Waals surface area contributed by atoms with Gasteiger partial charge in [0.2, 0.25) is 5.95 Å². The molecule has 0 aliphatic rings. The van der Waals surface area contributed by atoms with Crippen LogP contribution in [0.25, 0.3) is 0 Å². The predicted octanol–water partition coefficient (Wildman–Crippen LogP) is 3.32. The van der Waals surface area contributed by atoms with Crippen LogP contribution in [0.15, 0.2) is 42.7 Å². The lowest BCUT2D eigenvalue weighted by atomic mass is 10.1. The van der Waals surface area contributed by atoms with Crippen molar-refractivity contribution in [2.24, 2.45) is 0 Å². The number of ether oxygens (including phenoxy) is 1. The number of hydrogen-bond acceptors (Lipinski definition) is 4. The van der Waals surface area contributed by atoms with E-state index in [0.717, 1.165) is 17.9 Å². The average Bonchev–Trinajstić information content (AvgIpc) is 2.41. The fourth-order valence-electron chi connectivity index (χ4n) is 1.68. The monoisotopic (exact) mass is 243 g/mol. The topological polar surface area (TPSA) is 47.0 Å². The number of hydrogen-bond donors (Lipinski definition) is 1. The zero-order chi connectivity index (χ0) is 12.8. The molecule has 1 aromatic heterocycles. The van der Waals surface area contributed by atoms with Gasteiger partial charge in [0.05, 0.1) is 6.10 Å². The Bertz CT molecular complexity index is 470. The van der Waals surface area contributed by atoms with Gasteiger partial charge in [-0.2, -0.15) is 0 Å². The first kappa shape index (κ1) is 12.5. The molecule has 1 N–H and O–H groups in total. The number of nitrogens with one attached hydrogen (secondary N) is 1. The third kappa shape index (κ3) is 3.28. The number of rotatable bonds is 5. The second-order valence-electron chi connectivity index (χ2n) is 3.92. The molecule has 2 rings (SSSR count). The van der Waals surface area contributed by atoms with Crippen molar-refractivity contribution in [1.29, 1.82) is 0 Å². The highest BCUT2D eigenvalue weighted by atomic mass is 16.5. The van der Waals surface area contributed by atoms with Gasteiger partial charge in [-0.1, -0.05) is 12.1 Å². The normalized spacial score (nSPS) is 12.1. The minimum Gasteiger partial charge on any atom is -0.374 e. The Balaban J connectivity index is 2.04. The van der Waals surface area contributed by atoms with E-state index in [9.17, 15) is 0 Å². The summed E-state index contributed by atoms with van der Waals surface area (Å²) in [5, 5.41) is 3.14. The van der Waals surface area contributed by atoms with Crippen LogP contribution in [0, 0.1) is 0 Å². The molecule has 0 spiro atoms. The van der Waals surface area contributed by atoms with Crippen molar-refractivity contribution in [3.63, 3.8) is 0 Å². The van der Waals surface area contributed by atoms with E-state index in [0.29, 0.717) is 5.95 Å². The van der Waals surface area contributed by atoms with Gasteiger partial charge in [-0.3, -0.25) is 0 Å². The highest BCUT2D eigenvalue weighted by Gasteiger charge is 2.04. The Kier molecular flexibility index (Phi) is 4.25. The molecule has 0 fully saturated rings. The van der Waals surface area contributed by atoms with Gasteiger partial charge in [0.15, 0.2) is 0 Å². The van der Waals surface area contributed by atoms with E-state index in [1.54, 1.807) is 18.5 Å². The summed E-state index contributed by atoms with van der Waals surface area (Å²) in [7, 11) is 0. The van der Waals surface area contributed by atoms with Crippen LogP contribution >= 0.6 is 0 Å². The third-order valence-corrected chi connectivity index (χ3v) is 2.62. The Morgan fingerprint density at radius 1 is 1.17 bits per heavy atom. The molecule has 0 amide bonds. The fraction of sp³-hybridized carbons (Fsp3) is 0.286. The first-order valence-corrected chi connectivity index (χ1v) is 6.05. The van der Waals surface area contributed by atoms with Crippen molar-refractivity contribution in [3.05, 3.63) is 48.3 Å². The van der Waals surface area contributed by atoms with Crippen LogP contribution in [-0.2, 0) is 4.74 Å².